The summed E-state index contributed by atoms with van der Waals surface area (Å²) in [5, 5.41) is 4.90. The van der Waals surface area contributed by atoms with Gasteiger partial charge in [-0.1, -0.05) is 0 Å². The number of amides is 1. The average molecular weight is 274 g/mol. The van der Waals surface area contributed by atoms with Crippen molar-refractivity contribution in [3.8, 4) is 0 Å². The van der Waals surface area contributed by atoms with Crippen LogP contribution in [0.4, 0.5) is 0 Å². The van der Waals surface area contributed by atoms with E-state index in [4.69, 9.17) is 5.73 Å². The zero-order chi connectivity index (χ0) is 12.5. The zero-order valence-electron chi connectivity index (χ0n) is 9.18. The van der Waals surface area contributed by atoms with Crippen molar-refractivity contribution in [2.75, 3.05) is 11.5 Å². The van der Waals surface area contributed by atoms with Gasteiger partial charge >= 0.3 is 0 Å². The van der Waals surface area contributed by atoms with Gasteiger partial charge in [-0.05, 0) is 12.5 Å². The fourth-order valence-electron chi connectivity index (χ4n) is 1.80. The van der Waals surface area contributed by atoms with Gasteiger partial charge in [0.1, 0.15) is 0 Å². The zero-order valence-corrected chi connectivity index (χ0v) is 10.8. The van der Waals surface area contributed by atoms with E-state index < -0.39 is 15.7 Å². The Morgan fingerprint density at radius 3 is 2.88 bits per heavy atom. The smallest absolute Gasteiger partial charge is 0.249 e. The van der Waals surface area contributed by atoms with Crippen LogP contribution in [0.25, 0.3) is 0 Å². The van der Waals surface area contributed by atoms with Crippen LogP contribution in [-0.4, -0.2) is 31.9 Å². The summed E-state index contributed by atoms with van der Waals surface area (Å²) in [6.07, 6.45) is 0.663. The van der Waals surface area contributed by atoms with E-state index in [1.807, 2.05) is 0 Å². The van der Waals surface area contributed by atoms with Gasteiger partial charge in [0.15, 0.2) is 9.84 Å². The molecule has 94 valence electrons. The van der Waals surface area contributed by atoms with Crippen LogP contribution >= 0.6 is 11.3 Å². The minimum absolute atomic E-state index is 0.0270. The highest BCUT2D eigenvalue weighted by atomic mass is 32.2. The maximum Gasteiger partial charge on any atom is 0.249 e. The van der Waals surface area contributed by atoms with Gasteiger partial charge in [-0.2, -0.15) is 0 Å². The van der Waals surface area contributed by atoms with E-state index >= 15 is 0 Å². The Balaban J connectivity index is 1.88. The van der Waals surface area contributed by atoms with Crippen LogP contribution in [0.1, 0.15) is 21.7 Å². The minimum Gasteiger partial charge on any atom is -0.366 e. The molecule has 1 unspecified atom stereocenters. The maximum atomic E-state index is 11.2. The van der Waals surface area contributed by atoms with E-state index in [0.717, 1.165) is 4.88 Å². The number of nitrogens with one attached hydrogen (secondary N) is 1. The van der Waals surface area contributed by atoms with Crippen molar-refractivity contribution in [2.45, 2.75) is 19.0 Å². The molecule has 0 aliphatic carbocycles. The van der Waals surface area contributed by atoms with Crippen LogP contribution in [-0.2, 0) is 16.4 Å². The highest BCUT2D eigenvalue weighted by Crippen LogP contribution is 2.16. The third kappa shape index (κ3) is 3.27. The van der Waals surface area contributed by atoms with Gasteiger partial charge in [-0.3, -0.25) is 4.79 Å². The second-order valence-corrected chi connectivity index (χ2v) is 7.37. The lowest BCUT2D eigenvalue weighted by atomic mass is 10.2. The Kier molecular flexibility index (Phi) is 3.50. The molecule has 1 aliphatic rings. The van der Waals surface area contributed by atoms with Gasteiger partial charge in [0.2, 0.25) is 5.91 Å². The minimum atomic E-state index is -2.84. The summed E-state index contributed by atoms with van der Waals surface area (Å²) >= 11 is 1.45. The second-order valence-electron chi connectivity index (χ2n) is 4.15. The largest absolute Gasteiger partial charge is 0.366 e. The quantitative estimate of drug-likeness (QED) is 0.816. The lowest BCUT2D eigenvalue weighted by Gasteiger charge is -2.08. The highest BCUT2D eigenvalue weighted by Gasteiger charge is 2.27. The summed E-state index contributed by atoms with van der Waals surface area (Å²) in [6.45, 7) is 0.581. The molecule has 1 atom stereocenters. The van der Waals surface area contributed by atoms with Crippen molar-refractivity contribution in [1.82, 2.24) is 5.32 Å². The second kappa shape index (κ2) is 4.75. The van der Waals surface area contributed by atoms with Crippen molar-refractivity contribution in [2.24, 2.45) is 5.73 Å². The van der Waals surface area contributed by atoms with Crippen LogP contribution in [0.5, 0.6) is 0 Å². The van der Waals surface area contributed by atoms with E-state index in [2.05, 4.69) is 5.32 Å². The Morgan fingerprint density at radius 2 is 2.35 bits per heavy atom. The first-order valence-electron chi connectivity index (χ1n) is 5.27. The molecule has 1 aliphatic heterocycles. The van der Waals surface area contributed by atoms with Crippen molar-refractivity contribution < 1.29 is 13.2 Å². The number of sulfone groups is 1. The summed E-state index contributed by atoms with van der Waals surface area (Å²) in [6, 6.07) is 1.77. The topological polar surface area (TPSA) is 89.3 Å². The molecule has 1 aromatic rings. The number of thiophene rings is 1. The third-order valence-electron chi connectivity index (χ3n) is 2.74. The molecule has 5 nitrogen and oxygen atoms in total. The molecule has 0 aromatic carbocycles. The van der Waals surface area contributed by atoms with Crippen molar-refractivity contribution in [3.05, 3.63) is 21.9 Å². The maximum absolute atomic E-state index is 11.2. The van der Waals surface area contributed by atoms with E-state index in [1.165, 1.54) is 11.3 Å². The van der Waals surface area contributed by atoms with E-state index in [9.17, 15) is 13.2 Å². The number of nitrogens with two attached hydrogens (primary N) is 1. The first-order valence-corrected chi connectivity index (χ1v) is 7.97. The van der Waals surface area contributed by atoms with E-state index in [1.54, 1.807) is 11.4 Å². The summed E-state index contributed by atoms with van der Waals surface area (Å²) in [5.74, 6) is 0.0406. The molecule has 1 aromatic heterocycles. The van der Waals surface area contributed by atoms with Gasteiger partial charge in [-0.25, -0.2) is 8.42 Å². The molecule has 1 saturated heterocycles. The number of hydrogen-bond acceptors (Lipinski definition) is 5. The number of carbonyl (C=O) groups is 1. The average Bonchev–Trinajstić information content (AvgIpc) is 2.81. The molecule has 2 rings (SSSR count). The molecule has 0 radical (unpaired) electrons. The Bertz CT molecular complexity index is 521. The number of rotatable bonds is 4. The van der Waals surface area contributed by atoms with Gasteiger partial charge in [-0.15, -0.1) is 11.3 Å². The number of primary amides is 1. The van der Waals surface area contributed by atoms with Crippen LogP contribution in [0.2, 0.25) is 0 Å². The standard InChI is InChI=1S/C10H14N2O3S2/c11-10(13)7-3-9(16-5-7)4-12-8-1-2-17(14,15)6-8/h3,5,8,12H,1-2,4,6H2,(H2,11,13). The van der Waals surface area contributed by atoms with Gasteiger partial charge in [0.05, 0.1) is 17.1 Å². The van der Waals surface area contributed by atoms with Crippen molar-refractivity contribution >= 4 is 27.1 Å². The third-order valence-corrected chi connectivity index (χ3v) is 5.44. The summed E-state index contributed by atoms with van der Waals surface area (Å²) < 4.78 is 22.5. The normalized spacial score (nSPS) is 22.7. The van der Waals surface area contributed by atoms with Crippen molar-refractivity contribution in [3.63, 3.8) is 0 Å². The molecule has 1 fully saturated rings. The van der Waals surface area contributed by atoms with E-state index in [-0.39, 0.29) is 17.5 Å². The lowest BCUT2D eigenvalue weighted by Crippen LogP contribution is -2.29. The number of carbonyl (C=O) groups excluding carboxylic acids is 1. The predicted molar refractivity (Wildman–Crippen MR) is 66.7 cm³/mol. The lowest BCUT2D eigenvalue weighted by molar-refractivity contribution is 0.100. The fraction of sp³-hybridized carbons (Fsp3) is 0.500. The van der Waals surface area contributed by atoms with Gasteiger partial charge in [0.25, 0.3) is 0 Å². The molecule has 17 heavy (non-hydrogen) atoms. The van der Waals surface area contributed by atoms with Crippen LogP contribution < -0.4 is 11.1 Å². The summed E-state index contributed by atoms with van der Waals surface area (Å²) in [4.78, 5) is 11.9. The summed E-state index contributed by atoms with van der Waals surface area (Å²) in [7, 11) is -2.84. The number of hydrogen-bond donors (Lipinski definition) is 2. The summed E-state index contributed by atoms with van der Waals surface area (Å²) in [5.41, 5.74) is 5.65. The fourth-order valence-corrected chi connectivity index (χ4v) is 4.34. The molecular formula is C10H14N2O3S2. The molecule has 0 bridgehead atoms. The van der Waals surface area contributed by atoms with E-state index in [0.29, 0.717) is 18.5 Å². The highest BCUT2D eigenvalue weighted by molar-refractivity contribution is 7.91. The molecule has 1 amide bonds. The van der Waals surface area contributed by atoms with Crippen LogP contribution in [0.3, 0.4) is 0 Å². The molecular weight excluding hydrogens is 260 g/mol. The first-order chi connectivity index (χ1) is 7.96. The van der Waals surface area contributed by atoms with Gasteiger partial charge < -0.3 is 11.1 Å². The SMILES string of the molecule is NC(=O)c1csc(CNC2CCS(=O)(=O)C2)c1. The molecule has 0 saturated carbocycles. The molecule has 7 heteroatoms. The molecule has 3 N–H and O–H groups in total. The first kappa shape index (κ1) is 12.5. The molecule has 2 heterocycles. The Hall–Kier alpha value is -0.920. The Morgan fingerprint density at radius 1 is 1.59 bits per heavy atom. The Labute approximate surface area is 104 Å². The molecule has 0 spiro atoms. The van der Waals surface area contributed by atoms with Crippen LogP contribution in [0, 0.1) is 0 Å². The van der Waals surface area contributed by atoms with Crippen molar-refractivity contribution in [1.29, 1.82) is 0 Å². The monoisotopic (exact) mass is 274 g/mol. The van der Waals surface area contributed by atoms with Crippen LogP contribution in [0.15, 0.2) is 11.4 Å². The predicted octanol–water partition coefficient (Wildman–Crippen LogP) is 0.124. The van der Waals surface area contributed by atoms with Gasteiger partial charge in [0, 0.05) is 22.8 Å².